The number of carbonyl (C=O) groups excluding carboxylic acids is 3. The van der Waals surface area contributed by atoms with Crippen molar-refractivity contribution in [2.45, 2.75) is 95.8 Å². The van der Waals surface area contributed by atoms with Crippen molar-refractivity contribution < 1.29 is 37.2 Å². The second kappa shape index (κ2) is 17.2. The first-order valence-electron chi connectivity index (χ1n) is 15.5. The number of nitrogens with one attached hydrogen (secondary N) is 2. The number of alkyl carbamates (subject to hydrolysis) is 1. The Kier molecular flexibility index (Phi) is 14.3. The Bertz CT molecular complexity index is 1470. The largest absolute Gasteiger partial charge is 0.460 e. The molecule has 2 amide bonds. The first-order valence-corrected chi connectivity index (χ1v) is 17.0. The van der Waals surface area contributed by atoms with E-state index in [1.807, 2.05) is 30.3 Å². The van der Waals surface area contributed by atoms with E-state index >= 15 is 0 Å². The number of hydrogen-bond acceptors (Lipinski definition) is 9. The number of amides is 2. The van der Waals surface area contributed by atoms with Gasteiger partial charge in [-0.2, -0.15) is 0 Å². The fraction of sp³-hybridized carbons (Fsp3) is 0.545. The van der Waals surface area contributed by atoms with Gasteiger partial charge in [0.2, 0.25) is 15.9 Å². The molecule has 0 saturated heterocycles. The highest BCUT2D eigenvalue weighted by Crippen LogP contribution is 2.23. The molecule has 0 aliphatic heterocycles. The van der Waals surface area contributed by atoms with Gasteiger partial charge in [0.1, 0.15) is 11.2 Å². The summed E-state index contributed by atoms with van der Waals surface area (Å²) in [7, 11) is -2.54. The van der Waals surface area contributed by atoms with Gasteiger partial charge in [-0.25, -0.2) is 17.9 Å². The fourth-order valence-electron chi connectivity index (χ4n) is 4.77. The van der Waals surface area contributed by atoms with Gasteiger partial charge in [0.25, 0.3) is 5.69 Å². The highest BCUT2D eigenvalue weighted by atomic mass is 32.2. The Morgan fingerprint density at radius 3 is 2.11 bits per heavy atom. The number of para-hydroxylation sites is 1. The van der Waals surface area contributed by atoms with Crippen LogP contribution in [0.25, 0.3) is 0 Å². The van der Waals surface area contributed by atoms with Crippen LogP contribution in [0.2, 0.25) is 0 Å². The van der Waals surface area contributed by atoms with Crippen molar-refractivity contribution in [1.82, 2.24) is 14.9 Å². The lowest BCUT2D eigenvalue weighted by Gasteiger charge is -2.32. The summed E-state index contributed by atoms with van der Waals surface area (Å²) in [6.45, 7) is 10.5. The van der Waals surface area contributed by atoms with E-state index < -0.39 is 60.8 Å². The molecule has 0 spiro atoms. The molecular weight excluding hydrogens is 628 g/mol. The zero-order valence-electron chi connectivity index (χ0n) is 28.3. The van der Waals surface area contributed by atoms with Crippen molar-refractivity contribution in [1.29, 1.82) is 0 Å². The van der Waals surface area contributed by atoms with Crippen LogP contribution in [0.15, 0.2) is 59.5 Å². The van der Waals surface area contributed by atoms with Crippen LogP contribution in [-0.2, 0) is 35.5 Å². The molecule has 0 unspecified atom stereocenters. The molecule has 0 aromatic heterocycles. The third kappa shape index (κ3) is 14.1. The predicted octanol–water partition coefficient (Wildman–Crippen LogP) is 4.99. The van der Waals surface area contributed by atoms with E-state index in [1.165, 1.54) is 23.1 Å². The molecule has 0 aliphatic rings. The molecule has 2 atom stereocenters. The van der Waals surface area contributed by atoms with Crippen molar-refractivity contribution in [2.75, 3.05) is 20.1 Å². The molecular formula is C33H48N4O9S. The first-order chi connectivity index (χ1) is 21.8. The molecule has 0 radical (unpaired) electrons. The minimum absolute atomic E-state index is 0.00642. The lowest BCUT2D eigenvalue weighted by Crippen LogP contribution is -2.48. The average Bonchev–Trinajstić information content (AvgIpc) is 2.96. The maximum absolute atomic E-state index is 14.0. The van der Waals surface area contributed by atoms with Crippen LogP contribution < -0.4 is 10.0 Å². The van der Waals surface area contributed by atoms with Crippen LogP contribution >= 0.6 is 0 Å². The number of rotatable bonds is 16. The third-order valence-electron chi connectivity index (χ3n) is 6.89. The number of benzene rings is 2. The van der Waals surface area contributed by atoms with Gasteiger partial charge in [-0.1, -0.05) is 48.9 Å². The number of esters is 1. The summed E-state index contributed by atoms with van der Waals surface area (Å²) in [5.41, 5.74) is -1.11. The number of sulfonamides is 1. The molecule has 2 N–H and O–H groups in total. The van der Waals surface area contributed by atoms with Gasteiger partial charge in [-0.15, -0.1) is 0 Å². The maximum atomic E-state index is 14.0. The van der Waals surface area contributed by atoms with Crippen molar-refractivity contribution in [2.24, 2.45) is 5.92 Å². The van der Waals surface area contributed by atoms with E-state index in [1.54, 1.807) is 48.6 Å². The Balaban J connectivity index is 2.18. The van der Waals surface area contributed by atoms with Gasteiger partial charge in [-0.3, -0.25) is 19.7 Å². The van der Waals surface area contributed by atoms with E-state index in [9.17, 15) is 32.9 Å². The molecule has 2 rings (SSSR count). The van der Waals surface area contributed by atoms with Gasteiger partial charge in [0.05, 0.1) is 17.3 Å². The number of carbonyl (C=O) groups is 3. The minimum atomic E-state index is -4.14. The SMILES string of the molecule is CN(C(=O)[C@@H](CC(=O)OC(C)(C)C)Cc1ccccc1)[C@@H](CCCCNS(=O)(=O)c1ccccc1[N+](=O)[O-])CNC(=O)OC(C)(C)C. The number of hydrogen-bond donors (Lipinski definition) is 2. The zero-order valence-corrected chi connectivity index (χ0v) is 29.1. The van der Waals surface area contributed by atoms with Crippen LogP contribution in [0.1, 0.15) is 72.8 Å². The Morgan fingerprint density at radius 2 is 1.51 bits per heavy atom. The molecule has 2 aromatic rings. The molecule has 47 heavy (non-hydrogen) atoms. The lowest BCUT2D eigenvalue weighted by atomic mass is 9.93. The fourth-order valence-corrected chi connectivity index (χ4v) is 6.01. The topological polar surface area (TPSA) is 174 Å². The summed E-state index contributed by atoms with van der Waals surface area (Å²) in [5, 5.41) is 14.0. The molecule has 0 aliphatic carbocycles. The highest BCUT2D eigenvalue weighted by Gasteiger charge is 2.31. The second-order valence-corrected chi connectivity index (χ2v) is 15.0. The van der Waals surface area contributed by atoms with Crippen LogP contribution in [0.4, 0.5) is 10.5 Å². The number of ether oxygens (including phenoxy) is 2. The van der Waals surface area contributed by atoms with Crippen molar-refractivity contribution in [3.63, 3.8) is 0 Å². The zero-order chi connectivity index (χ0) is 35.4. The first kappa shape index (κ1) is 39.1. The van der Waals surface area contributed by atoms with Crippen molar-refractivity contribution in [3.8, 4) is 0 Å². The summed E-state index contributed by atoms with van der Waals surface area (Å²) < 4.78 is 38.8. The molecule has 260 valence electrons. The average molecular weight is 677 g/mol. The number of nitro benzene ring substituents is 1. The standard InChI is InChI=1S/C33H48N4O9S/c1-32(2,3)45-29(38)22-25(21-24-15-9-8-10-16-24)30(39)36(7)26(23-34-31(40)46-33(4,5)6)17-13-14-20-35-47(43,44)28-19-12-11-18-27(28)37(41)42/h8-12,15-16,18-19,25-26,35H,13-14,17,20-23H2,1-7H3,(H,34,40)/t25-,26+/m1/s1. The normalized spacial score (nSPS) is 13.3. The van der Waals surface area contributed by atoms with Crippen LogP contribution in [0, 0.1) is 16.0 Å². The summed E-state index contributed by atoms with van der Waals surface area (Å²) in [6, 6.07) is 13.9. The number of nitrogens with zero attached hydrogens (tertiary/aromatic N) is 2. The van der Waals surface area contributed by atoms with Gasteiger partial charge in [0, 0.05) is 32.2 Å². The number of unbranched alkanes of at least 4 members (excludes halogenated alkanes) is 1. The summed E-state index contributed by atoms with van der Waals surface area (Å²) in [6.07, 6.45) is 0.645. The maximum Gasteiger partial charge on any atom is 0.407 e. The third-order valence-corrected chi connectivity index (χ3v) is 8.40. The molecule has 0 saturated carbocycles. The van der Waals surface area contributed by atoms with Gasteiger partial charge < -0.3 is 19.7 Å². The van der Waals surface area contributed by atoms with Crippen LogP contribution in [0.3, 0.4) is 0 Å². The minimum Gasteiger partial charge on any atom is -0.460 e. The van der Waals surface area contributed by atoms with Crippen molar-refractivity contribution in [3.05, 3.63) is 70.3 Å². The lowest BCUT2D eigenvalue weighted by molar-refractivity contribution is -0.387. The van der Waals surface area contributed by atoms with E-state index in [0.717, 1.165) is 11.6 Å². The molecule has 0 heterocycles. The number of likely N-dealkylation sites (N-methyl/N-ethyl adjacent to an activating group) is 1. The van der Waals surface area contributed by atoms with E-state index in [-0.39, 0.29) is 25.4 Å². The monoisotopic (exact) mass is 676 g/mol. The second-order valence-electron chi connectivity index (χ2n) is 13.3. The molecule has 0 fully saturated rings. The van der Waals surface area contributed by atoms with Crippen molar-refractivity contribution >= 4 is 33.7 Å². The summed E-state index contributed by atoms with van der Waals surface area (Å²) in [4.78, 5) is 50.9. The molecule has 0 bridgehead atoms. The Hall–Kier alpha value is -4.04. The number of nitro groups is 1. The van der Waals surface area contributed by atoms with Gasteiger partial charge >= 0.3 is 12.1 Å². The van der Waals surface area contributed by atoms with Gasteiger partial charge in [0.15, 0.2) is 4.90 Å². The van der Waals surface area contributed by atoms with Gasteiger partial charge in [-0.05, 0) is 72.4 Å². The smallest absolute Gasteiger partial charge is 0.407 e. The molecule has 13 nitrogen and oxygen atoms in total. The van der Waals surface area contributed by atoms with E-state index in [2.05, 4.69) is 10.0 Å². The van der Waals surface area contributed by atoms with Crippen LogP contribution in [-0.4, -0.2) is 73.6 Å². The van der Waals surface area contributed by atoms with E-state index in [0.29, 0.717) is 25.7 Å². The summed E-state index contributed by atoms with van der Waals surface area (Å²) >= 11 is 0. The predicted molar refractivity (Wildman–Crippen MR) is 177 cm³/mol. The van der Waals surface area contributed by atoms with Crippen LogP contribution in [0.5, 0.6) is 0 Å². The Morgan fingerprint density at radius 1 is 0.915 bits per heavy atom. The Labute approximate surface area is 277 Å². The summed E-state index contributed by atoms with van der Waals surface area (Å²) in [5.74, 6) is -1.56. The molecule has 14 heteroatoms. The highest BCUT2D eigenvalue weighted by molar-refractivity contribution is 7.89. The van der Waals surface area contributed by atoms with E-state index in [4.69, 9.17) is 9.47 Å². The molecule has 2 aromatic carbocycles. The quantitative estimate of drug-likeness (QED) is 0.107.